The molecule has 1 heteroatoms. The van der Waals surface area contributed by atoms with Crippen LogP contribution in [0, 0.1) is 0 Å². The summed E-state index contributed by atoms with van der Waals surface area (Å²) in [6.45, 7) is 4.75. The smallest absolute Gasteiger partial charge is 0.0726 e. The molecule has 1 unspecified atom stereocenters. The quantitative estimate of drug-likeness (QED) is 0.175. The van der Waals surface area contributed by atoms with E-state index < -0.39 is 5.41 Å². The fourth-order valence-corrected chi connectivity index (χ4v) is 10.9. The van der Waals surface area contributed by atoms with E-state index >= 15 is 0 Å². The van der Waals surface area contributed by atoms with Gasteiger partial charge in [0, 0.05) is 22.2 Å². The molecule has 9 aromatic rings. The number of rotatable bonds is 4. The van der Waals surface area contributed by atoms with Gasteiger partial charge in [0.05, 0.1) is 16.8 Å². The topological polar surface area (TPSA) is 3.24 Å². The third-order valence-electron chi connectivity index (χ3n) is 13.3. The predicted octanol–water partition coefficient (Wildman–Crippen LogP) is 14.6. The maximum Gasteiger partial charge on any atom is 0.0726 e. The summed E-state index contributed by atoms with van der Waals surface area (Å²) in [5.74, 6) is 0. The average Bonchev–Trinajstić information content (AvgIpc) is 3.84. The van der Waals surface area contributed by atoms with Crippen LogP contribution in [0.1, 0.15) is 47.2 Å². The SMILES string of the molecule is CC1(C)c2ccccc2-c2c(N(c3cccc(-c4ccccc4)c3)c3cccc4c3-c3ccccc3C43c4ccccc4-c4c3ccc3ccccc43)cccc21. The van der Waals surface area contributed by atoms with Crippen molar-refractivity contribution in [3.8, 4) is 44.5 Å². The molecule has 3 aliphatic rings. The van der Waals surface area contributed by atoms with E-state index in [0.717, 1.165) is 5.69 Å². The minimum Gasteiger partial charge on any atom is -0.309 e. The largest absolute Gasteiger partial charge is 0.309 e. The Kier molecular flexibility index (Phi) is 6.67. The maximum atomic E-state index is 2.57. The van der Waals surface area contributed by atoms with Crippen molar-refractivity contribution in [1.82, 2.24) is 0 Å². The molecule has 0 N–H and O–H groups in total. The number of hydrogen-bond acceptors (Lipinski definition) is 1. The molecule has 1 atom stereocenters. The van der Waals surface area contributed by atoms with Crippen LogP contribution in [0.15, 0.2) is 200 Å². The van der Waals surface area contributed by atoms with Crippen LogP contribution in [0.5, 0.6) is 0 Å². The minimum absolute atomic E-state index is 0.130. The van der Waals surface area contributed by atoms with Gasteiger partial charge in [-0.15, -0.1) is 0 Å². The summed E-state index contributed by atoms with van der Waals surface area (Å²) in [4.78, 5) is 2.57. The number of anilines is 3. The molecule has 268 valence electrons. The first-order chi connectivity index (χ1) is 28.1. The molecule has 0 saturated carbocycles. The van der Waals surface area contributed by atoms with E-state index in [1.165, 1.54) is 100 Å². The van der Waals surface area contributed by atoms with Crippen molar-refractivity contribution in [3.05, 3.63) is 234 Å². The Morgan fingerprint density at radius 3 is 1.60 bits per heavy atom. The van der Waals surface area contributed by atoms with Crippen LogP contribution in [-0.2, 0) is 10.8 Å². The van der Waals surface area contributed by atoms with Crippen molar-refractivity contribution >= 4 is 27.8 Å². The van der Waals surface area contributed by atoms with E-state index in [0.29, 0.717) is 0 Å². The van der Waals surface area contributed by atoms with Gasteiger partial charge in [0.25, 0.3) is 0 Å². The molecule has 0 amide bonds. The maximum absolute atomic E-state index is 2.57. The van der Waals surface area contributed by atoms with E-state index in [-0.39, 0.29) is 5.41 Å². The molecule has 0 bridgehead atoms. The molecule has 1 spiro atoms. The lowest BCUT2D eigenvalue weighted by Gasteiger charge is -2.33. The lowest BCUT2D eigenvalue weighted by Crippen LogP contribution is -2.26. The molecular weight excluding hydrogens is 687 g/mol. The van der Waals surface area contributed by atoms with Crippen LogP contribution >= 0.6 is 0 Å². The lowest BCUT2D eigenvalue weighted by molar-refractivity contribution is 0.660. The Labute approximate surface area is 334 Å². The number of hydrogen-bond donors (Lipinski definition) is 0. The van der Waals surface area contributed by atoms with Crippen molar-refractivity contribution in [3.63, 3.8) is 0 Å². The summed E-state index contributed by atoms with van der Waals surface area (Å²) in [5.41, 5.74) is 21.3. The number of benzene rings is 9. The van der Waals surface area contributed by atoms with Gasteiger partial charge in [-0.25, -0.2) is 0 Å². The van der Waals surface area contributed by atoms with Gasteiger partial charge in [-0.1, -0.05) is 190 Å². The molecule has 0 aliphatic heterocycles. The van der Waals surface area contributed by atoms with Crippen molar-refractivity contribution in [2.45, 2.75) is 24.7 Å². The van der Waals surface area contributed by atoms with Crippen molar-refractivity contribution in [1.29, 1.82) is 0 Å². The zero-order valence-corrected chi connectivity index (χ0v) is 32.0. The highest BCUT2D eigenvalue weighted by molar-refractivity contribution is 6.08. The van der Waals surface area contributed by atoms with Gasteiger partial charge in [0.15, 0.2) is 0 Å². The Balaban J connectivity index is 1.20. The Morgan fingerprint density at radius 1 is 0.351 bits per heavy atom. The highest BCUT2D eigenvalue weighted by Gasteiger charge is 2.53. The van der Waals surface area contributed by atoms with Gasteiger partial charge in [-0.3, -0.25) is 0 Å². The summed E-state index contributed by atoms with van der Waals surface area (Å²) in [7, 11) is 0. The third kappa shape index (κ3) is 4.24. The summed E-state index contributed by atoms with van der Waals surface area (Å²) in [5, 5.41) is 2.58. The molecule has 1 nitrogen and oxygen atoms in total. The highest BCUT2D eigenvalue weighted by atomic mass is 15.1. The Morgan fingerprint density at radius 2 is 0.860 bits per heavy atom. The second-order valence-electron chi connectivity index (χ2n) is 16.4. The molecule has 0 aromatic heterocycles. The van der Waals surface area contributed by atoms with Crippen LogP contribution in [0.25, 0.3) is 55.3 Å². The van der Waals surface area contributed by atoms with E-state index in [1.807, 2.05) is 0 Å². The summed E-state index contributed by atoms with van der Waals surface area (Å²) < 4.78 is 0. The first-order valence-electron chi connectivity index (χ1n) is 20.1. The Bertz CT molecular complexity index is 3110. The standard InChI is InChI=1S/C56H39N/c1-55(2)44-26-11-8-23-41(44)53-47(55)29-15-31-50(53)57(39-21-14-20-38(35-39)36-17-4-3-5-18-36)51-32-16-30-48-54(51)43-25-10-13-28-46(43)56(48)45-27-12-9-24-42(45)52-40-22-7-6-19-37(40)33-34-49(52)56/h3-35H,1-2H3. The normalized spacial score (nSPS) is 16.1. The molecule has 0 heterocycles. The molecule has 0 fully saturated rings. The summed E-state index contributed by atoms with van der Waals surface area (Å²) >= 11 is 0. The number of nitrogens with zero attached hydrogens (tertiary/aromatic N) is 1. The van der Waals surface area contributed by atoms with Gasteiger partial charge in [0.2, 0.25) is 0 Å². The van der Waals surface area contributed by atoms with Crippen molar-refractivity contribution in [2.24, 2.45) is 0 Å². The summed E-state index contributed by atoms with van der Waals surface area (Å²) in [6.07, 6.45) is 0. The molecule has 57 heavy (non-hydrogen) atoms. The molecule has 0 saturated heterocycles. The first-order valence-corrected chi connectivity index (χ1v) is 20.1. The molecule has 0 radical (unpaired) electrons. The zero-order chi connectivity index (χ0) is 37.9. The third-order valence-corrected chi connectivity index (χ3v) is 13.3. The van der Waals surface area contributed by atoms with Crippen LogP contribution in [0.2, 0.25) is 0 Å². The van der Waals surface area contributed by atoms with Gasteiger partial charge in [-0.2, -0.15) is 0 Å². The van der Waals surface area contributed by atoms with E-state index in [4.69, 9.17) is 0 Å². The fraction of sp³-hybridized carbons (Fsp3) is 0.0714. The minimum atomic E-state index is -0.470. The second-order valence-corrected chi connectivity index (χ2v) is 16.4. The van der Waals surface area contributed by atoms with Crippen molar-refractivity contribution < 1.29 is 0 Å². The van der Waals surface area contributed by atoms with E-state index in [1.54, 1.807) is 0 Å². The molecule has 9 aromatic carbocycles. The van der Waals surface area contributed by atoms with E-state index in [2.05, 4.69) is 219 Å². The van der Waals surface area contributed by atoms with Gasteiger partial charge in [-0.05, 0) is 102 Å². The number of fused-ring (bicyclic) bond motifs is 15. The molecule has 12 rings (SSSR count). The van der Waals surface area contributed by atoms with Crippen LogP contribution in [0.3, 0.4) is 0 Å². The van der Waals surface area contributed by atoms with Crippen LogP contribution in [0.4, 0.5) is 17.1 Å². The highest BCUT2D eigenvalue weighted by Crippen LogP contribution is 2.66. The van der Waals surface area contributed by atoms with Crippen LogP contribution in [-0.4, -0.2) is 0 Å². The van der Waals surface area contributed by atoms with Gasteiger partial charge >= 0.3 is 0 Å². The summed E-state index contributed by atoms with van der Waals surface area (Å²) in [6, 6.07) is 74.9. The second kappa shape index (κ2) is 11.8. The van der Waals surface area contributed by atoms with Gasteiger partial charge in [0.1, 0.15) is 0 Å². The first kappa shape index (κ1) is 32.3. The molecule has 3 aliphatic carbocycles. The Hall–Kier alpha value is -6.96. The van der Waals surface area contributed by atoms with Crippen molar-refractivity contribution in [2.75, 3.05) is 4.90 Å². The van der Waals surface area contributed by atoms with E-state index in [9.17, 15) is 0 Å². The van der Waals surface area contributed by atoms with Crippen LogP contribution < -0.4 is 4.90 Å². The fourth-order valence-electron chi connectivity index (χ4n) is 10.9. The average molecular weight is 726 g/mol. The molecular formula is C56H39N. The predicted molar refractivity (Wildman–Crippen MR) is 238 cm³/mol. The monoisotopic (exact) mass is 725 g/mol. The lowest BCUT2D eigenvalue weighted by atomic mass is 9.70. The van der Waals surface area contributed by atoms with Gasteiger partial charge < -0.3 is 4.90 Å². The zero-order valence-electron chi connectivity index (χ0n) is 32.0.